The average molecular weight is 284 g/mol. The Morgan fingerprint density at radius 3 is 2.45 bits per heavy atom. The van der Waals surface area contributed by atoms with Crippen molar-refractivity contribution in [1.82, 2.24) is 10.2 Å². The molecule has 1 atom stereocenters. The van der Waals surface area contributed by atoms with Crippen molar-refractivity contribution in [2.75, 3.05) is 33.2 Å². The van der Waals surface area contributed by atoms with Crippen LogP contribution in [-0.4, -0.2) is 44.6 Å². The highest BCUT2D eigenvalue weighted by Gasteiger charge is 2.28. The van der Waals surface area contributed by atoms with E-state index in [0.717, 1.165) is 19.5 Å². The van der Waals surface area contributed by atoms with Crippen LogP contribution in [0.25, 0.3) is 0 Å². The normalized spacial score (nSPS) is 14.8. The Balaban J connectivity index is 2.78. The van der Waals surface area contributed by atoms with Crippen LogP contribution in [-0.2, 0) is 5.41 Å². The SMILES string of the molecule is CCCNCC(C)(CN(C)CC(F)F)c1ccccc1. The second-order valence-electron chi connectivity index (χ2n) is 5.69. The van der Waals surface area contributed by atoms with E-state index in [1.807, 2.05) is 18.2 Å². The van der Waals surface area contributed by atoms with Crippen LogP contribution in [0.1, 0.15) is 25.8 Å². The molecular weight excluding hydrogens is 258 g/mol. The van der Waals surface area contributed by atoms with Gasteiger partial charge in [0.05, 0.1) is 6.54 Å². The largest absolute Gasteiger partial charge is 0.316 e. The van der Waals surface area contributed by atoms with Gasteiger partial charge in [-0.1, -0.05) is 44.2 Å². The summed E-state index contributed by atoms with van der Waals surface area (Å²) in [5.41, 5.74) is 1.02. The fourth-order valence-corrected chi connectivity index (χ4v) is 2.53. The van der Waals surface area contributed by atoms with Gasteiger partial charge in [0, 0.05) is 18.5 Å². The van der Waals surface area contributed by atoms with Crippen molar-refractivity contribution in [3.8, 4) is 0 Å². The van der Waals surface area contributed by atoms with Crippen molar-refractivity contribution in [1.29, 1.82) is 0 Å². The Kier molecular flexibility index (Phi) is 7.10. The van der Waals surface area contributed by atoms with Crippen LogP contribution in [0, 0.1) is 0 Å². The van der Waals surface area contributed by atoms with E-state index in [1.54, 1.807) is 11.9 Å². The van der Waals surface area contributed by atoms with Crippen LogP contribution in [0.2, 0.25) is 0 Å². The first-order chi connectivity index (χ1) is 9.48. The molecule has 0 heterocycles. The highest BCUT2D eigenvalue weighted by atomic mass is 19.3. The van der Waals surface area contributed by atoms with Crippen molar-refractivity contribution < 1.29 is 8.78 Å². The molecule has 0 amide bonds. The zero-order valence-electron chi connectivity index (χ0n) is 12.7. The molecule has 1 N–H and O–H groups in total. The van der Waals surface area contributed by atoms with Crippen LogP contribution in [0.4, 0.5) is 8.78 Å². The average Bonchev–Trinajstić information content (AvgIpc) is 2.39. The monoisotopic (exact) mass is 284 g/mol. The molecule has 0 spiro atoms. The van der Waals surface area contributed by atoms with Gasteiger partial charge in [0.2, 0.25) is 0 Å². The topological polar surface area (TPSA) is 15.3 Å². The molecule has 0 aliphatic carbocycles. The maximum absolute atomic E-state index is 12.5. The molecule has 1 rings (SSSR count). The Labute approximate surface area is 121 Å². The van der Waals surface area contributed by atoms with Gasteiger partial charge in [-0.2, -0.15) is 0 Å². The van der Waals surface area contributed by atoms with Gasteiger partial charge in [-0.05, 0) is 25.6 Å². The zero-order valence-corrected chi connectivity index (χ0v) is 12.7. The third kappa shape index (κ3) is 5.55. The Hall–Kier alpha value is -1.00. The minimum atomic E-state index is -2.29. The van der Waals surface area contributed by atoms with Crippen molar-refractivity contribution >= 4 is 0 Å². The minimum Gasteiger partial charge on any atom is -0.316 e. The number of alkyl halides is 2. The molecule has 1 aromatic rings. The van der Waals surface area contributed by atoms with E-state index < -0.39 is 6.43 Å². The lowest BCUT2D eigenvalue weighted by Gasteiger charge is -2.34. The molecule has 0 saturated carbocycles. The lowest BCUT2D eigenvalue weighted by atomic mass is 9.81. The lowest BCUT2D eigenvalue weighted by Crippen LogP contribution is -2.45. The minimum absolute atomic E-state index is 0.167. The van der Waals surface area contributed by atoms with Crippen LogP contribution >= 0.6 is 0 Å². The van der Waals surface area contributed by atoms with E-state index in [0.29, 0.717) is 6.54 Å². The molecule has 0 aromatic heterocycles. The van der Waals surface area contributed by atoms with Crippen molar-refractivity contribution in [2.24, 2.45) is 0 Å². The van der Waals surface area contributed by atoms with Gasteiger partial charge in [0.15, 0.2) is 0 Å². The Morgan fingerprint density at radius 1 is 1.25 bits per heavy atom. The number of hydrogen-bond acceptors (Lipinski definition) is 2. The highest BCUT2D eigenvalue weighted by Crippen LogP contribution is 2.24. The van der Waals surface area contributed by atoms with E-state index in [4.69, 9.17) is 0 Å². The van der Waals surface area contributed by atoms with E-state index >= 15 is 0 Å². The van der Waals surface area contributed by atoms with Gasteiger partial charge in [0.25, 0.3) is 6.43 Å². The third-order valence-electron chi connectivity index (χ3n) is 3.48. The molecule has 20 heavy (non-hydrogen) atoms. The fourth-order valence-electron chi connectivity index (χ4n) is 2.53. The van der Waals surface area contributed by atoms with Crippen LogP contribution in [0.3, 0.4) is 0 Å². The summed E-state index contributed by atoms with van der Waals surface area (Å²) in [5.74, 6) is 0. The molecule has 1 aromatic carbocycles. The predicted octanol–water partition coefficient (Wildman–Crippen LogP) is 3.14. The Bertz CT molecular complexity index is 370. The fraction of sp³-hybridized carbons (Fsp3) is 0.625. The molecule has 0 bridgehead atoms. The predicted molar refractivity (Wildman–Crippen MR) is 80.5 cm³/mol. The first-order valence-electron chi connectivity index (χ1n) is 7.21. The van der Waals surface area contributed by atoms with Crippen LogP contribution < -0.4 is 5.32 Å². The van der Waals surface area contributed by atoms with Crippen molar-refractivity contribution in [3.63, 3.8) is 0 Å². The molecule has 4 heteroatoms. The van der Waals surface area contributed by atoms with Crippen LogP contribution in [0.15, 0.2) is 30.3 Å². The summed E-state index contributed by atoms with van der Waals surface area (Å²) < 4.78 is 25.0. The summed E-state index contributed by atoms with van der Waals surface area (Å²) in [6, 6.07) is 10.1. The first-order valence-corrected chi connectivity index (χ1v) is 7.21. The van der Waals surface area contributed by atoms with E-state index in [1.165, 1.54) is 5.56 Å². The van der Waals surface area contributed by atoms with E-state index in [9.17, 15) is 8.78 Å². The number of halogens is 2. The smallest absolute Gasteiger partial charge is 0.251 e. The van der Waals surface area contributed by atoms with Gasteiger partial charge >= 0.3 is 0 Å². The van der Waals surface area contributed by atoms with Gasteiger partial charge < -0.3 is 5.32 Å². The number of likely N-dealkylation sites (N-methyl/N-ethyl adjacent to an activating group) is 1. The summed E-state index contributed by atoms with van der Waals surface area (Å²) in [7, 11) is 1.76. The Morgan fingerprint density at radius 2 is 1.90 bits per heavy atom. The number of nitrogens with one attached hydrogen (secondary N) is 1. The van der Waals surface area contributed by atoms with Gasteiger partial charge in [0.1, 0.15) is 0 Å². The zero-order chi connectivity index (χ0) is 15.0. The standard InChI is InChI=1S/C16H26F2N2/c1-4-10-19-12-16(2,13-20(3)11-15(17)18)14-8-6-5-7-9-14/h5-9,15,19H,4,10-13H2,1-3H3. The maximum Gasteiger partial charge on any atom is 0.251 e. The quantitative estimate of drug-likeness (QED) is 0.701. The maximum atomic E-state index is 12.5. The lowest BCUT2D eigenvalue weighted by molar-refractivity contribution is 0.0902. The van der Waals surface area contributed by atoms with Crippen LogP contribution in [0.5, 0.6) is 0 Å². The van der Waals surface area contributed by atoms with Crippen molar-refractivity contribution in [2.45, 2.75) is 32.1 Å². The molecule has 0 saturated heterocycles. The number of rotatable bonds is 9. The van der Waals surface area contributed by atoms with Crippen molar-refractivity contribution in [3.05, 3.63) is 35.9 Å². The molecule has 114 valence electrons. The van der Waals surface area contributed by atoms with E-state index in [2.05, 4.69) is 31.3 Å². The molecule has 2 nitrogen and oxygen atoms in total. The summed E-state index contributed by atoms with van der Waals surface area (Å²) >= 11 is 0. The van der Waals surface area contributed by atoms with Gasteiger partial charge in [-0.3, -0.25) is 4.90 Å². The molecule has 0 aliphatic rings. The summed E-state index contributed by atoms with van der Waals surface area (Å²) in [5, 5.41) is 3.42. The first kappa shape index (κ1) is 17.1. The highest BCUT2D eigenvalue weighted by molar-refractivity contribution is 5.25. The molecule has 0 fully saturated rings. The third-order valence-corrected chi connectivity index (χ3v) is 3.48. The summed E-state index contributed by atoms with van der Waals surface area (Å²) in [6.07, 6.45) is -1.22. The molecule has 0 aliphatic heterocycles. The van der Waals surface area contributed by atoms with E-state index in [-0.39, 0.29) is 12.0 Å². The summed E-state index contributed by atoms with van der Waals surface area (Å²) in [4.78, 5) is 1.71. The van der Waals surface area contributed by atoms with Gasteiger partial charge in [-0.15, -0.1) is 0 Å². The number of hydrogen-bond donors (Lipinski definition) is 1. The van der Waals surface area contributed by atoms with Gasteiger partial charge in [-0.25, -0.2) is 8.78 Å². The number of benzene rings is 1. The molecular formula is C16H26F2N2. The molecule has 0 radical (unpaired) electrons. The second kappa shape index (κ2) is 8.32. The second-order valence-corrected chi connectivity index (χ2v) is 5.69. The number of nitrogens with zero attached hydrogens (tertiary/aromatic N) is 1. The molecule has 1 unspecified atom stereocenters. The summed E-state index contributed by atoms with van der Waals surface area (Å²) in [6.45, 7) is 6.41.